The quantitative estimate of drug-likeness (QED) is 0.624. The van der Waals surface area contributed by atoms with E-state index >= 15 is 0 Å². The highest BCUT2D eigenvalue weighted by atomic mass is 35.5. The van der Waals surface area contributed by atoms with Gasteiger partial charge in [0.05, 0.1) is 18.9 Å². The number of esters is 1. The standard InChI is InChI=1S/C11H12ClN3O3/c1-3-18-11(16)9-10-14-8(12)4-7(5-17-2)15(10)6-13-9/h4,6H,3,5H2,1-2H3. The largest absolute Gasteiger partial charge is 0.461 e. The van der Waals surface area contributed by atoms with Crippen LogP contribution in [0.3, 0.4) is 0 Å². The van der Waals surface area contributed by atoms with Crippen molar-refractivity contribution in [2.75, 3.05) is 13.7 Å². The topological polar surface area (TPSA) is 65.7 Å². The number of fused-ring (bicyclic) bond motifs is 1. The molecular weight excluding hydrogens is 258 g/mol. The van der Waals surface area contributed by atoms with Crippen molar-refractivity contribution in [1.29, 1.82) is 0 Å². The van der Waals surface area contributed by atoms with E-state index in [0.717, 1.165) is 5.69 Å². The van der Waals surface area contributed by atoms with Gasteiger partial charge < -0.3 is 9.47 Å². The fourth-order valence-electron chi connectivity index (χ4n) is 1.60. The zero-order valence-corrected chi connectivity index (χ0v) is 10.8. The highest BCUT2D eigenvalue weighted by Crippen LogP contribution is 2.16. The van der Waals surface area contributed by atoms with E-state index in [4.69, 9.17) is 21.1 Å². The second-order valence-electron chi connectivity index (χ2n) is 3.51. The van der Waals surface area contributed by atoms with Gasteiger partial charge in [0.1, 0.15) is 11.5 Å². The van der Waals surface area contributed by atoms with Crippen LogP contribution in [0.15, 0.2) is 12.4 Å². The summed E-state index contributed by atoms with van der Waals surface area (Å²) < 4.78 is 11.6. The lowest BCUT2D eigenvalue weighted by atomic mass is 10.4. The van der Waals surface area contributed by atoms with Crippen LogP contribution in [0.1, 0.15) is 23.1 Å². The molecule has 0 amide bonds. The summed E-state index contributed by atoms with van der Waals surface area (Å²) in [5.74, 6) is -0.516. The molecule has 18 heavy (non-hydrogen) atoms. The summed E-state index contributed by atoms with van der Waals surface area (Å²) in [4.78, 5) is 19.8. The molecule has 2 rings (SSSR count). The molecule has 6 nitrogen and oxygen atoms in total. The van der Waals surface area contributed by atoms with E-state index in [1.807, 2.05) is 0 Å². The van der Waals surface area contributed by atoms with Crippen molar-refractivity contribution in [1.82, 2.24) is 14.4 Å². The Kier molecular flexibility index (Phi) is 3.78. The molecule has 0 aliphatic rings. The van der Waals surface area contributed by atoms with Crippen LogP contribution in [0.4, 0.5) is 0 Å². The molecule has 0 radical (unpaired) electrons. The fraction of sp³-hybridized carbons (Fsp3) is 0.364. The van der Waals surface area contributed by atoms with Gasteiger partial charge in [-0.1, -0.05) is 11.6 Å². The van der Waals surface area contributed by atoms with Crippen LogP contribution >= 0.6 is 11.6 Å². The zero-order chi connectivity index (χ0) is 13.1. The fourth-order valence-corrected chi connectivity index (χ4v) is 1.81. The zero-order valence-electron chi connectivity index (χ0n) is 10.0. The van der Waals surface area contributed by atoms with E-state index in [9.17, 15) is 4.79 Å². The van der Waals surface area contributed by atoms with Gasteiger partial charge in [0.15, 0.2) is 11.3 Å². The van der Waals surface area contributed by atoms with Gasteiger partial charge in [-0.25, -0.2) is 14.8 Å². The molecule has 0 saturated carbocycles. The Bertz CT molecular complexity index is 582. The van der Waals surface area contributed by atoms with E-state index in [-0.39, 0.29) is 17.5 Å². The first kappa shape index (κ1) is 12.8. The van der Waals surface area contributed by atoms with Crippen molar-refractivity contribution in [3.05, 3.63) is 28.9 Å². The number of hydrogen-bond donors (Lipinski definition) is 0. The van der Waals surface area contributed by atoms with Gasteiger partial charge in [-0.15, -0.1) is 0 Å². The number of hydrogen-bond acceptors (Lipinski definition) is 5. The van der Waals surface area contributed by atoms with Gasteiger partial charge in [0, 0.05) is 7.11 Å². The lowest BCUT2D eigenvalue weighted by Crippen LogP contribution is -2.07. The monoisotopic (exact) mass is 269 g/mol. The third kappa shape index (κ3) is 2.30. The summed E-state index contributed by atoms with van der Waals surface area (Å²) in [6.45, 7) is 2.35. The van der Waals surface area contributed by atoms with Crippen molar-refractivity contribution >= 4 is 23.2 Å². The van der Waals surface area contributed by atoms with Gasteiger partial charge in [-0.3, -0.25) is 4.40 Å². The van der Waals surface area contributed by atoms with Gasteiger partial charge in [0.25, 0.3) is 0 Å². The van der Waals surface area contributed by atoms with Gasteiger partial charge in [-0.2, -0.15) is 0 Å². The molecule has 0 fully saturated rings. The molecule has 96 valence electrons. The summed E-state index contributed by atoms with van der Waals surface area (Å²) in [7, 11) is 1.57. The Hall–Kier alpha value is -1.66. The summed E-state index contributed by atoms with van der Waals surface area (Å²) in [6, 6.07) is 1.66. The molecule has 0 atom stereocenters. The molecule has 0 unspecified atom stereocenters. The van der Waals surface area contributed by atoms with E-state index < -0.39 is 5.97 Å². The molecule has 2 aromatic rings. The number of imidazole rings is 1. The lowest BCUT2D eigenvalue weighted by molar-refractivity contribution is 0.0522. The minimum Gasteiger partial charge on any atom is -0.461 e. The lowest BCUT2D eigenvalue weighted by Gasteiger charge is -2.05. The number of carbonyl (C=O) groups excluding carboxylic acids is 1. The maximum absolute atomic E-state index is 11.7. The van der Waals surface area contributed by atoms with Crippen LogP contribution in [0, 0.1) is 0 Å². The average molecular weight is 270 g/mol. The van der Waals surface area contributed by atoms with Crippen LogP contribution in [-0.2, 0) is 16.1 Å². The first-order chi connectivity index (χ1) is 8.67. The maximum atomic E-state index is 11.7. The number of carbonyl (C=O) groups is 1. The highest BCUT2D eigenvalue weighted by molar-refractivity contribution is 6.29. The van der Waals surface area contributed by atoms with Gasteiger partial charge in [0.2, 0.25) is 0 Å². The van der Waals surface area contributed by atoms with Crippen molar-refractivity contribution < 1.29 is 14.3 Å². The van der Waals surface area contributed by atoms with Crippen molar-refractivity contribution in [2.45, 2.75) is 13.5 Å². The van der Waals surface area contributed by atoms with E-state index in [0.29, 0.717) is 12.3 Å². The van der Waals surface area contributed by atoms with Crippen LogP contribution in [-0.4, -0.2) is 34.1 Å². The number of nitrogens with zero attached hydrogens (tertiary/aromatic N) is 3. The van der Waals surface area contributed by atoms with Crippen molar-refractivity contribution in [3.8, 4) is 0 Å². The van der Waals surface area contributed by atoms with Crippen molar-refractivity contribution in [2.24, 2.45) is 0 Å². The second kappa shape index (κ2) is 5.32. The first-order valence-electron chi connectivity index (χ1n) is 5.36. The summed E-state index contributed by atoms with van der Waals surface area (Å²) in [5, 5.41) is 0.278. The normalized spacial score (nSPS) is 10.8. The second-order valence-corrected chi connectivity index (χ2v) is 3.90. The molecule has 7 heteroatoms. The Balaban J connectivity index is 2.55. The molecule has 0 aliphatic heterocycles. The third-order valence-corrected chi connectivity index (χ3v) is 2.50. The molecule has 2 heterocycles. The Morgan fingerprint density at radius 2 is 2.33 bits per heavy atom. The Labute approximate surface area is 109 Å². The SMILES string of the molecule is CCOC(=O)c1ncn2c(COC)cc(Cl)nc12. The number of methoxy groups -OCH3 is 1. The molecule has 2 aromatic heterocycles. The molecule has 0 saturated heterocycles. The van der Waals surface area contributed by atoms with Gasteiger partial charge in [-0.05, 0) is 13.0 Å². The molecule has 0 aliphatic carbocycles. The minimum absolute atomic E-state index is 0.150. The van der Waals surface area contributed by atoms with Crippen LogP contribution < -0.4 is 0 Å². The molecule has 0 N–H and O–H groups in total. The number of aromatic nitrogens is 3. The van der Waals surface area contributed by atoms with Gasteiger partial charge >= 0.3 is 5.97 Å². The smallest absolute Gasteiger partial charge is 0.360 e. The number of rotatable bonds is 4. The minimum atomic E-state index is -0.516. The van der Waals surface area contributed by atoms with Crippen LogP contribution in [0.25, 0.3) is 5.65 Å². The number of ether oxygens (including phenoxy) is 2. The highest BCUT2D eigenvalue weighted by Gasteiger charge is 2.18. The molecule has 0 spiro atoms. The third-order valence-electron chi connectivity index (χ3n) is 2.31. The average Bonchev–Trinajstić information content (AvgIpc) is 2.73. The van der Waals surface area contributed by atoms with Crippen LogP contribution in [0.2, 0.25) is 5.15 Å². The van der Waals surface area contributed by atoms with E-state index in [1.54, 1.807) is 24.5 Å². The Morgan fingerprint density at radius 3 is 3.00 bits per heavy atom. The van der Waals surface area contributed by atoms with Crippen molar-refractivity contribution in [3.63, 3.8) is 0 Å². The van der Waals surface area contributed by atoms with E-state index in [2.05, 4.69) is 9.97 Å². The predicted octanol–water partition coefficient (Wildman–Crippen LogP) is 1.71. The summed E-state index contributed by atoms with van der Waals surface area (Å²) in [5.41, 5.74) is 1.28. The summed E-state index contributed by atoms with van der Waals surface area (Å²) in [6.07, 6.45) is 1.50. The van der Waals surface area contributed by atoms with Crippen LogP contribution in [0.5, 0.6) is 0 Å². The summed E-state index contributed by atoms with van der Waals surface area (Å²) >= 11 is 5.91. The molecule has 0 bridgehead atoms. The van der Waals surface area contributed by atoms with E-state index in [1.165, 1.54) is 6.33 Å². The number of halogens is 1. The Morgan fingerprint density at radius 1 is 1.56 bits per heavy atom. The molecule has 0 aromatic carbocycles. The predicted molar refractivity (Wildman–Crippen MR) is 64.7 cm³/mol. The first-order valence-corrected chi connectivity index (χ1v) is 5.73. The maximum Gasteiger partial charge on any atom is 0.360 e. The molecular formula is C11H12ClN3O3.